The molecule has 0 N–H and O–H groups in total. The van der Waals surface area contributed by atoms with Crippen molar-refractivity contribution in [1.82, 2.24) is 19.4 Å². The van der Waals surface area contributed by atoms with Crippen molar-refractivity contribution in [3.8, 4) is 0 Å². The number of nitrogens with zero attached hydrogens (tertiary/aromatic N) is 4. The predicted octanol–water partition coefficient (Wildman–Crippen LogP) is 2.72. The van der Waals surface area contributed by atoms with Crippen LogP contribution >= 0.6 is 11.8 Å². The Labute approximate surface area is 190 Å². The summed E-state index contributed by atoms with van der Waals surface area (Å²) in [5.41, 5.74) is 0.557. The number of carbonyl (C=O) groups is 2. The molecule has 168 valence electrons. The van der Waals surface area contributed by atoms with Gasteiger partial charge in [-0.05, 0) is 30.2 Å². The van der Waals surface area contributed by atoms with Crippen LogP contribution in [0, 0.1) is 5.92 Å². The molecule has 1 fully saturated rings. The van der Waals surface area contributed by atoms with Crippen LogP contribution in [0.5, 0.6) is 0 Å². The van der Waals surface area contributed by atoms with E-state index in [0.717, 1.165) is 0 Å². The molecule has 9 heteroatoms. The Balaban J connectivity index is 1.42. The molecular formula is C23H26N4O4S. The summed E-state index contributed by atoms with van der Waals surface area (Å²) < 4.78 is 6.85. The number of fused-ring (bicyclic) bond motifs is 1. The van der Waals surface area contributed by atoms with Gasteiger partial charge >= 0.3 is 0 Å². The number of hydrogen-bond donors (Lipinski definition) is 0. The van der Waals surface area contributed by atoms with Gasteiger partial charge in [-0.3, -0.25) is 19.0 Å². The highest BCUT2D eigenvalue weighted by atomic mass is 32.2. The van der Waals surface area contributed by atoms with E-state index in [1.807, 2.05) is 32.0 Å². The fraction of sp³-hybridized carbons (Fsp3) is 0.391. The van der Waals surface area contributed by atoms with Crippen molar-refractivity contribution in [3.63, 3.8) is 0 Å². The van der Waals surface area contributed by atoms with Crippen molar-refractivity contribution >= 4 is 34.5 Å². The van der Waals surface area contributed by atoms with Gasteiger partial charge in [0.25, 0.3) is 11.5 Å². The number of piperazine rings is 1. The molecule has 32 heavy (non-hydrogen) atoms. The normalized spacial score (nSPS) is 14.3. The number of benzene rings is 1. The van der Waals surface area contributed by atoms with Gasteiger partial charge in [-0.2, -0.15) is 0 Å². The van der Waals surface area contributed by atoms with Crippen LogP contribution in [0.15, 0.2) is 57.0 Å². The van der Waals surface area contributed by atoms with Gasteiger partial charge in [0.1, 0.15) is 0 Å². The Morgan fingerprint density at radius 2 is 1.78 bits per heavy atom. The largest absolute Gasteiger partial charge is 0.459 e. The van der Waals surface area contributed by atoms with Crippen LogP contribution in [0.1, 0.15) is 24.4 Å². The predicted molar refractivity (Wildman–Crippen MR) is 123 cm³/mol. The van der Waals surface area contributed by atoms with E-state index in [-0.39, 0.29) is 29.0 Å². The van der Waals surface area contributed by atoms with Crippen LogP contribution in [0.2, 0.25) is 0 Å². The topological polar surface area (TPSA) is 88.7 Å². The Morgan fingerprint density at radius 3 is 2.47 bits per heavy atom. The molecule has 1 aliphatic heterocycles. The van der Waals surface area contributed by atoms with E-state index < -0.39 is 0 Å². The summed E-state index contributed by atoms with van der Waals surface area (Å²) in [6.07, 6.45) is 1.48. The Kier molecular flexibility index (Phi) is 6.64. The van der Waals surface area contributed by atoms with Crippen LogP contribution in [0.25, 0.3) is 10.9 Å². The van der Waals surface area contributed by atoms with Gasteiger partial charge in [0, 0.05) is 32.7 Å². The van der Waals surface area contributed by atoms with Crippen molar-refractivity contribution in [2.45, 2.75) is 25.5 Å². The monoisotopic (exact) mass is 454 g/mol. The van der Waals surface area contributed by atoms with Crippen LogP contribution in [0.4, 0.5) is 0 Å². The van der Waals surface area contributed by atoms with Gasteiger partial charge < -0.3 is 14.2 Å². The first-order valence-electron chi connectivity index (χ1n) is 10.7. The molecule has 2 aromatic heterocycles. The molecule has 1 aliphatic rings. The molecule has 0 aliphatic carbocycles. The molecule has 0 atom stereocenters. The van der Waals surface area contributed by atoms with E-state index >= 15 is 0 Å². The third-order valence-electron chi connectivity index (χ3n) is 5.35. The number of rotatable bonds is 6. The molecule has 0 spiro atoms. The third-order valence-corrected chi connectivity index (χ3v) is 6.31. The van der Waals surface area contributed by atoms with E-state index in [4.69, 9.17) is 4.42 Å². The van der Waals surface area contributed by atoms with Crippen LogP contribution < -0.4 is 5.56 Å². The number of thioether (sulfide) groups is 1. The second kappa shape index (κ2) is 9.60. The average molecular weight is 455 g/mol. The number of hydrogen-bond acceptors (Lipinski definition) is 6. The lowest BCUT2D eigenvalue weighted by Gasteiger charge is -2.34. The lowest BCUT2D eigenvalue weighted by Crippen LogP contribution is -2.51. The summed E-state index contributed by atoms with van der Waals surface area (Å²) in [6, 6.07) is 10.6. The van der Waals surface area contributed by atoms with Crippen molar-refractivity contribution in [2.75, 3.05) is 31.9 Å². The molecule has 3 heterocycles. The van der Waals surface area contributed by atoms with Gasteiger partial charge in [-0.25, -0.2) is 4.98 Å². The molecule has 2 amide bonds. The van der Waals surface area contributed by atoms with E-state index in [9.17, 15) is 14.4 Å². The average Bonchev–Trinajstić information content (AvgIpc) is 3.34. The highest BCUT2D eigenvalue weighted by molar-refractivity contribution is 7.99. The smallest absolute Gasteiger partial charge is 0.289 e. The fourth-order valence-corrected chi connectivity index (χ4v) is 4.63. The number of furan rings is 1. The van der Waals surface area contributed by atoms with Crippen molar-refractivity contribution in [2.24, 2.45) is 5.92 Å². The standard InChI is InChI=1S/C23H26N4O4S/c1-16(2)14-27-21(29)17-6-3-4-7-18(17)24-23(27)32-15-20(28)25-9-11-26(12-10-25)22(30)19-8-5-13-31-19/h3-8,13,16H,9-12,14-15H2,1-2H3. The van der Waals surface area contributed by atoms with E-state index in [2.05, 4.69) is 4.98 Å². The Morgan fingerprint density at radius 1 is 1.06 bits per heavy atom. The molecule has 0 bridgehead atoms. The zero-order valence-corrected chi connectivity index (χ0v) is 19.0. The third kappa shape index (κ3) is 4.72. The van der Waals surface area contributed by atoms with Crippen molar-refractivity contribution in [1.29, 1.82) is 0 Å². The minimum atomic E-state index is -0.158. The first-order valence-corrected chi connectivity index (χ1v) is 11.7. The Hall–Kier alpha value is -3.07. The molecular weight excluding hydrogens is 428 g/mol. The van der Waals surface area contributed by atoms with Crippen molar-refractivity contribution < 1.29 is 14.0 Å². The van der Waals surface area contributed by atoms with Crippen LogP contribution in [0.3, 0.4) is 0 Å². The van der Waals surface area contributed by atoms with E-state index in [1.54, 1.807) is 32.6 Å². The summed E-state index contributed by atoms with van der Waals surface area (Å²) in [5, 5.41) is 1.14. The van der Waals surface area contributed by atoms with Gasteiger partial charge in [0.2, 0.25) is 5.91 Å². The van der Waals surface area contributed by atoms with Crippen LogP contribution in [-0.2, 0) is 11.3 Å². The number of carbonyl (C=O) groups excluding carboxylic acids is 2. The number of para-hydroxylation sites is 1. The molecule has 1 saturated heterocycles. The molecule has 0 unspecified atom stereocenters. The minimum absolute atomic E-state index is 0.0291. The van der Waals surface area contributed by atoms with E-state index in [1.165, 1.54) is 18.0 Å². The molecule has 1 aromatic carbocycles. The highest BCUT2D eigenvalue weighted by Gasteiger charge is 2.26. The summed E-state index contributed by atoms with van der Waals surface area (Å²) in [5.74, 6) is 0.583. The van der Waals surface area contributed by atoms with Crippen molar-refractivity contribution in [3.05, 3.63) is 58.8 Å². The maximum atomic E-state index is 13.0. The Bertz CT molecular complexity index is 1160. The summed E-state index contributed by atoms with van der Waals surface area (Å²) in [6.45, 7) is 6.49. The minimum Gasteiger partial charge on any atom is -0.459 e. The lowest BCUT2D eigenvalue weighted by atomic mass is 10.2. The molecule has 4 rings (SSSR count). The number of aromatic nitrogens is 2. The zero-order valence-electron chi connectivity index (χ0n) is 18.2. The van der Waals surface area contributed by atoms with Crippen LogP contribution in [-0.4, -0.2) is 63.1 Å². The summed E-state index contributed by atoms with van der Waals surface area (Å²) >= 11 is 1.29. The maximum absolute atomic E-state index is 13.0. The quantitative estimate of drug-likeness (QED) is 0.420. The van der Waals surface area contributed by atoms with Gasteiger partial charge in [-0.1, -0.05) is 37.7 Å². The lowest BCUT2D eigenvalue weighted by molar-refractivity contribution is -0.129. The maximum Gasteiger partial charge on any atom is 0.289 e. The molecule has 8 nitrogen and oxygen atoms in total. The zero-order chi connectivity index (χ0) is 22.7. The second-order valence-electron chi connectivity index (χ2n) is 8.16. The second-order valence-corrected chi connectivity index (χ2v) is 9.10. The van der Waals surface area contributed by atoms with Gasteiger partial charge in [-0.15, -0.1) is 0 Å². The molecule has 0 radical (unpaired) electrons. The SMILES string of the molecule is CC(C)Cn1c(SCC(=O)N2CCN(C(=O)c3ccco3)CC2)nc2ccccc2c1=O. The van der Waals surface area contributed by atoms with Gasteiger partial charge in [0.05, 0.1) is 22.9 Å². The highest BCUT2D eigenvalue weighted by Crippen LogP contribution is 2.20. The molecule has 3 aromatic rings. The van der Waals surface area contributed by atoms with Gasteiger partial charge in [0.15, 0.2) is 10.9 Å². The first kappa shape index (κ1) is 22.1. The first-order chi connectivity index (χ1) is 15.4. The molecule has 0 saturated carbocycles. The summed E-state index contributed by atoms with van der Waals surface area (Å²) in [4.78, 5) is 46.3. The number of amides is 2. The fourth-order valence-electron chi connectivity index (χ4n) is 3.72. The van der Waals surface area contributed by atoms with E-state index in [0.29, 0.717) is 54.5 Å². The summed E-state index contributed by atoms with van der Waals surface area (Å²) in [7, 11) is 0.